The second-order valence-corrected chi connectivity index (χ2v) is 3.65. The number of amides is 1. The van der Waals surface area contributed by atoms with Crippen LogP contribution in [0.4, 0.5) is 5.95 Å². The third kappa shape index (κ3) is 2.33. The maximum Gasteiger partial charge on any atom is 0.232 e. The molecule has 1 aromatic rings. The minimum Gasteiger partial charge on any atom is -0.378 e. The van der Waals surface area contributed by atoms with Gasteiger partial charge in [0.2, 0.25) is 11.9 Å². The number of nitrogens with zero attached hydrogens (tertiary/aromatic N) is 2. The lowest BCUT2D eigenvalue weighted by Gasteiger charge is -2.27. The van der Waals surface area contributed by atoms with Gasteiger partial charge in [0, 0.05) is 6.61 Å². The lowest BCUT2D eigenvalue weighted by atomic mass is 9.94. The van der Waals surface area contributed by atoms with Crippen LogP contribution in [0.5, 0.6) is 0 Å². The molecule has 0 radical (unpaired) electrons. The number of carbonyl (C=O) groups is 1. The van der Waals surface area contributed by atoms with E-state index >= 15 is 0 Å². The topological polar surface area (TPSA) is 79.9 Å². The number of carbonyl (C=O) groups excluding carboxylic acids is 1. The zero-order chi connectivity index (χ0) is 10.7. The molecule has 2 N–H and O–H groups in total. The van der Waals surface area contributed by atoms with Crippen molar-refractivity contribution in [3.05, 3.63) is 6.33 Å². The van der Waals surface area contributed by atoms with E-state index < -0.39 is 0 Å². The highest BCUT2D eigenvalue weighted by atomic mass is 16.5. The SMILES string of the molecule is CC1OCCCC1C(=O)Nc1ncn[nH]1. The first-order valence-corrected chi connectivity index (χ1v) is 5.05. The summed E-state index contributed by atoms with van der Waals surface area (Å²) in [7, 11) is 0. The third-order valence-electron chi connectivity index (χ3n) is 2.60. The molecule has 0 saturated carbocycles. The van der Waals surface area contributed by atoms with Gasteiger partial charge in [-0.2, -0.15) is 10.1 Å². The van der Waals surface area contributed by atoms with E-state index in [1.807, 2.05) is 6.92 Å². The molecule has 1 aromatic heterocycles. The first-order chi connectivity index (χ1) is 7.27. The second-order valence-electron chi connectivity index (χ2n) is 3.65. The first kappa shape index (κ1) is 10.1. The Morgan fingerprint density at radius 2 is 2.60 bits per heavy atom. The molecule has 6 nitrogen and oxygen atoms in total. The minimum atomic E-state index is -0.0937. The molecule has 1 saturated heterocycles. The molecular weight excluding hydrogens is 196 g/mol. The number of ether oxygens (including phenoxy) is 1. The number of nitrogens with one attached hydrogen (secondary N) is 2. The van der Waals surface area contributed by atoms with Crippen molar-refractivity contribution >= 4 is 11.9 Å². The number of hydrogen-bond donors (Lipinski definition) is 2. The Kier molecular flexibility index (Phi) is 2.96. The van der Waals surface area contributed by atoms with Crippen molar-refractivity contribution in [2.24, 2.45) is 5.92 Å². The van der Waals surface area contributed by atoms with E-state index in [-0.39, 0.29) is 17.9 Å². The predicted octanol–water partition coefficient (Wildman–Crippen LogP) is 0.558. The largest absolute Gasteiger partial charge is 0.378 e. The number of anilines is 1. The summed E-state index contributed by atoms with van der Waals surface area (Å²) in [6, 6.07) is 0. The van der Waals surface area contributed by atoms with Gasteiger partial charge in [-0.3, -0.25) is 10.1 Å². The number of hydrogen-bond acceptors (Lipinski definition) is 4. The van der Waals surface area contributed by atoms with Gasteiger partial charge in [-0.15, -0.1) is 0 Å². The first-order valence-electron chi connectivity index (χ1n) is 5.05. The predicted molar refractivity (Wildman–Crippen MR) is 53.2 cm³/mol. The van der Waals surface area contributed by atoms with Crippen molar-refractivity contribution < 1.29 is 9.53 Å². The van der Waals surface area contributed by atoms with Gasteiger partial charge in [0.1, 0.15) is 6.33 Å². The van der Waals surface area contributed by atoms with Gasteiger partial charge in [0.05, 0.1) is 12.0 Å². The normalized spacial score (nSPS) is 26.2. The van der Waals surface area contributed by atoms with E-state index in [2.05, 4.69) is 20.5 Å². The van der Waals surface area contributed by atoms with Crippen molar-refractivity contribution in [3.63, 3.8) is 0 Å². The van der Waals surface area contributed by atoms with Gasteiger partial charge >= 0.3 is 0 Å². The summed E-state index contributed by atoms with van der Waals surface area (Å²) in [6.07, 6.45) is 3.12. The lowest BCUT2D eigenvalue weighted by molar-refractivity contribution is -0.127. The Morgan fingerprint density at radius 1 is 1.73 bits per heavy atom. The van der Waals surface area contributed by atoms with Crippen LogP contribution in [0, 0.1) is 5.92 Å². The average Bonchev–Trinajstić information content (AvgIpc) is 2.71. The van der Waals surface area contributed by atoms with Gasteiger partial charge in [-0.05, 0) is 19.8 Å². The highest BCUT2D eigenvalue weighted by Gasteiger charge is 2.28. The van der Waals surface area contributed by atoms with Crippen LogP contribution in [0.1, 0.15) is 19.8 Å². The van der Waals surface area contributed by atoms with Crippen LogP contribution in [0.25, 0.3) is 0 Å². The minimum absolute atomic E-state index is 0.0262. The summed E-state index contributed by atoms with van der Waals surface area (Å²) in [5.41, 5.74) is 0. The number of aromatic amines is 1. The van der Waals surface area contributed by atoms with Gasteiger partial charge in [0.15, 0.2) is 0 Å². The second kappa shape index (κ2) is 4.39. The Morgan fingerprint density at radius 3 is 3.27 bits per heavy atom. The third-order valence-corrected chi connectivity index (χ3v) is 2.60. The highest BCUT2D eigenvalue weighted by Crippen LogP contribution is 2.21. The van der Waals surface area contributed by atoms with Crippen LogP contribution in [-0.4, -0.2) is 33.8 Å². The van der Waals surface area contributed by atoms with Crippen molar-refractivity contribution in [3.8, 4) is 0 Å². The highest BCUT2D eigenvalue weighted by molar-refractivity contribution is 5.91. The monoisotopic (exact) mass is 210 g/mol. The van der Waals surface area contributed by atoms with E-state index in [1.54, 1.807) is 0 Å². The molecule has 2 rings (SSSR count). The van der Waals surface area contributed by atoms with Gasteiger partial charge < -0.3 is 4.74 Å². The average molecular weight is 210 g/mol. The summed E-state index contributed by atoms with van der Waals surface area (Å²) < 4.78 is 5.42. The summed E-state index contributed by atoms with van der Waals surface area (Å²) >= 11 is 0. The van der Waals surface area contributed by atoms with Crippen LogP contribution in [0.3, 0.4) is 0 Å². The molecular formula is C9H14N4O2. The standard InChI is InChI=1S/C9H14N4O2/c1-6-7(3-2-4-15-6)8(14)12-9-10-5-11-13-9/h5-7H,2-4H2,1H3,(H2,10,11,12,13,14). The Labute approximate surface area is 87.4 Å². The maximum atomic E-state index is 11.8. The van der Waals surface area contributed by atoms with E-state index in [9.17, 15) is 4.79 Å². The molecule has 0 aliphatic carbocycles. The van der Waals surface area contributed by atoms with Crippen LogP contribution in [-0.2, 0) is 9.53 Å². The van der Waals surface area contributed by atoms with Gasteiger partial charge in [-0.1, -0.05) is 0 Å². The van der Waals surface area contributed by atoms with E-state index in [1.165, 1.54) is 6.33 Å². The molecule has 2 unspecified atom stereocenters. The van der Waals surface area contributed by atoms with Crippen LogP contribution in [0.15, 0.2) is 6.33 Å². The summed E-state index contributed by atoms with van der Waals surface area (Å²) in [5.74, 6) is 0.237. The lowest BCUT2D eigenvalue weighted by Crippen LogP contribution is -2.36. The fourth-order valence-corrected chi connectivity index (χ4v) is 1.74. The van der Waals surface area contributed by atoms with Crippen molar-refractivity contribution in [1.82, 2.24) is 15.2 Å². The zero-order valence-electron chi connectivity index (χ0n) is 8.56. The van der Waals surface area contributed by atoms with Crippen molar-refractivity contribution in [2.45, 2.75) is 25.9 Å². The van der Waals surface area contributed by atoms with Crippen LogP contribution < -0.4 is 5.32 Å². The Hall–Kier alpha value is -1.43. The molecule has 0 bridgehead atoms. The summed E-state index contributed by atoms with van der Waals surface area (Å²) in [5, 5.41) is 8.92. The van der Waals surface area contributed by atoms with E-state index in [4.69, 9.17) is 4.74 Å². The van der Waals surface area contributed by atoms with Crippen molar-refractivity contribution in [1.29, 1.82) is 0 Å². The molecule has 1 aliphatic heterocycles. The molecule has 1 fully saturated rings. The Bertz CT molecular complexity index is 325. The fourth-order valence-electron chi connectivity index (χ4n) is 1.74. The fraction of sp³-hybridized carbons (Fsp3) is 0.667. The smallest absolute Gasteiger partial charge is 0.232 e. The van der Waals surface area contributed by atoms with Gasteiger partial charge in [-0.25, -0.2) is 5.10 Å². The molecule has 0 spiro atoms. The number of aromatic nitrogens is 3. The van der Waals surface area contributed by atoms with Crippen LogP contribution >= 0.6 is 0 Å². The molecule has 2 atom stereocenters. The molecule has 82 valence electrons. The summed E-state index contributed by atoms with van der Waals surface area (Å²) in [6.45, 7) is 2.66. The number of rotatable bonds is 2. The number of H-pyrrole nitrogens is 1. The van der Waals surface area contributed by atoms with E-state index in [0.29, 0.717) is 5.95 Å². The van der Waals surface area contributed by atoms with Crippen molar-refractivity contribution in [2.75, 3.05) is 11.9 Å². The maximum absolute atomic E-state index is 11.8. The zero-order valence-corrected chi connectivity index (χ0v) is 8.56. The van der Waals surface area contributed by atoms with E-state index in [0.717, 1.165) is 19.4 Å². The molecule has 1 amide bonds. The van der Waals surface area contributed by atoms with Gasteiger partial charge in [0.25, 0.3) is 0 Å². The Balaban J connectivity index is 1.95. The molecule has 15 heavy (non-hydrogen) atoms. The molecule has 2 heterocycles. The molecule has 1 aliphatic rings. The summed E-state index contributed by atoms with van der Waals surface area (Å²) in [4.78, 5) is 15.6. The van der Waals surface area contributed by atoms with Crippen LogP contribution in [0.2, 0.25) is 0 Å². The quantitative estimate of drug-likeness (QED) is 0.747. The molecule has 6 heteroatoms. The molecule has 0 aromatic carbocycles.